The molecule has 6 heteroatoms. The first-order chi connectivity index (χ1) is 9.08. The van der Waals surface area contributed by atoms with Gasteiger partial charge in [-0.3, -0.25) is 8.97 Å². The number of halogens is 2. The van der Waals surface area contributed by atoms with Gasteiger partial charge in [0.05, 0.1) is 41.3 Å². The molecule has 22 heavy (non-hydrogen) atoms. The molecule has 0 aliphatic rings. The lowest BCUT2D eigenvalue weighted by Crippen LogP contribution is -3.00. The first-order valence-corrected chi connectivity index (χ1v) is 7.08. The SMILES string of the molecule is C=CC(=O)[N+](C)(C)CCC.C=CC(=O)[N+](C)(C)CCC.[Cl-].[Cl-]. The summed E-state index contributed by atoms with van der Waals surface area (Å²) in [6, 6.07) is 0. The van der Waals surface area contributed by atoms with Gasteiger partial charge in [0, 0.05) is 12.2 Å². The summed E-state index contributed by atoms with van der Waals surface area (Å²) in [5.74, 6) is 0.170. The molecule has 0 fully saturated rings. The van der Waals surface area contributed by atoms with Gasteiger partial charge in [0.1, 0.15) is 0 Å². The van der Waals surface area contributed by atoms with Gasteiger partial charge in [-0.25, -0.2) is 9.59 Å². The maximum Gasteiger partial charge on any atom is 0.337 e. The molecule has 0 aromatic heterocycles. The summed E-state index contributed by atoms with van der Waals surface area (Å²) in [4.78, 5) is 22.2. The summed E-state index contributed by atoms with van der Waals surface area (Å²) in [7, 11) is 7.59. The van der Waals surface area contributed by atoms with Crippen molar-refractivity contribution >= 4 is 11.8 Å². The summed E-state index contributed by atoms with van der Waals surface area (Å²) in [5.41, 5.74) is 0. The number of quaternary nitrogens is 2. The van der Waals surface area contributed by atoms with E-state index in [1.54, 1.807) is 0 Å². The molecule has 0 heterocycles. The third kappa shape index (κ3) is 11.9. The fraction of sp³-hybridized carbons (Fsp3) is 0.625. The summed E-state index contributed by atoms with van der Waals surface area (Å²) in [5, 5.41) is 0. The van der Waals surface area contributed by atoms with E-state index in [0.29, 0.717) is 8.97 Å². The molecule has 0 N–H and O–H groups in total. The zero-order chi connectivity index (χ0) is 16.4. The Bertz CT molecular complexity index is 320. The van der Waals surface area contributed by atoms with E-state index in [1.165, 1.54) is 12.2 Å². The Morgan fingerprint density at radius 1 is 0.773 bits per heavy atom. The number of hydrogen-bond donors (Lipinski definition) is 0. The van der Waals surface area contributed by atoms with Crippen molar-refractivity contribution in [1.82, 2.24) is 0 Å². The Balaban J connectivity index is -0.000000135. The molecule has 0 saturated carbocycles. The monoisotopic (exact) mass is 354 g/mol. The van der Waals surface area contributed by atoms with Crippen molar-refractivity contribution in [2.75, 3.05) is 41.3 Å². The Labute approximate surface area is 148 Å². The normalized spacial score (nSPS) is 10.1. The molecule has 0 aliphatic heterocycles. The molecule has 0 saturated heterocycles. The second-order valence-corrected chi connectivity index (χ2v) is 5.90. The fourth-order valence-electron chi connectivity index (χ4n) is 1.83. The minimum Gasteiger partial charge on any atom is -1.00 e. The van der Waals surface area contributed by atoms with E-state index < -0.39 is 0 Å². The van der Waals surface area contributed by atoms with E-state index >= 15 is 0 Å². The van der Waals surface area contributed by atoms with Crippen molar-refractivity contribution in [1.29, 1.82) is 0 Å². The van der Waals surface area contributed by atoms with Crippen LogP contribution in [0.4, 0.5) is 0 Å². The van der Waals surface area contributed by atoms with Gasteiger partial charge in [0.15, 0.2) is 0 Å². The number of hydrogen-bond acceptors (Lipinski definition) is 2. The Morgan fingerprint density at radius 2 is 1.00 bits per heavy atom. The van der Waals surface area contributed by atoms with Crippen LogP contribution < -0.4 is 24.8 Å². The lowest BCUT2D eigenvalue weighted by atomic mass is 10.3. The van der Waals surface area contributed by atoms with Crippen LogP contribution in [-0.2, 0) is 9.59 Å². The number of carbonyl (C=O) groups excluding carboxylic acids is 2. The van der Waals surface area contributed by atoms with Crippen LogP contribution in [0.15, 0.2) is 25.3 Å². The van der Waals surface area contributed by atoms with Gasteiger partial charge in [0.25, 0.3) is 0 Å². The van der Waals surface area contributed by atoms with Crippen LogP contribution in [0.3, 0.4) is 0 Å². The van der Waals surface area contributed by atoms with Crippen LogP contribution in [0.5, 0.6) is 0 Å². The summed E-state index contributed by atoms with van der Waals surface area (Å²) in [6.07, 6.45) is 4.81. The highest BCUT2D eigenvalue weighted by atomic mass is 35.5. The largest absolute Gasteiger partial charge is 1.00 e. The van der Waals surface area contributed by atoms with Crippen LogP contribution in [0.25, 0.3) is 0 Å². The van der Waals surface area contributed by atoms with E-state index in [1.807, 2.05) is 28.2 Å². The van der Waals surface area contributed by atoms with Crippen LogP contribution in [0, 0.1) is 0 Å². The molecule has 4 nitrogen and oxygen atoms in total. The molecule has 0 aromatic rings. The lowest BCUT2D eigenvalue weighted by Gasteiger charge is -2.24. The summed E-state index contributed by atoms with van der Waals surface area (Å²) in [6.45, 7) is 12.8. The van der Waals surface area contributed by atoms with E-state index in [0.717, 1.165) is 25.9 Å². The van der Waals surface area contributed by atoms with Crippen molar-refractivity contribution < 1.29 is 43.4 Å². The van der Waals surface area contributed by atoms with Crippen LogP contribution in [0.2, 0.25) is 0 Å². The average molecular weight is 355 g/mol. The molecule has 0 radical (unpaired) electrons. The Hall–Kier alpha value is -0.680. The molecule has 0 unspecified atom stereocenters. The molecule has 132 valence electrons. The Morgan fingerprint density at radius 3 is 1.14 bits per heavy atom. The van der Waals surface area contributed by atoms with Crippen molar-refractivity contribution in [3.05, 3.63) is 25.3 Å². The highest BCUT2D eigenvalue weighted by molar-refractivity contribution is 5.80. The highest BCUT2D eigenvalue weighted by Crippen LogP contribution is 2.00. The first kappa shape index (κ1) is 29.3. The molecule has 0 spiro atoms. The Kier molecular flexibility index (Phi) is 18.6. The average Bonchev–Trinajstić information content (AvgIpc) is 2.37. The summed E-state index contributed by atoms with van der Waals surface area (Å²) >= 11 is 0. The predicted molar refractivity (Wildman–Crippen MR) is 84.9 cm³/mol. The third-order valence-electron chi connectivity index (χ3n) is 3.11. The second kappa shape index (κ2) is 13.9. The predicted octanol–water partition coefficient (Wildman–Crippen LogP) is -3.62. The van der Waals surface area contributed by atoms with Crippen LogP contribution in [-0.4, -0.2) is 62.1 Å². The van der Waals surface area contributed by atoms with E-state index in [9.17, 15) is 9.59 Å². The zero-order valence-corrected chi connectivity index (χ0v) is 16.4. The molecule has 2 amide bonds. The zero-order valence-electron chi connectivity index (χ0n) is 14.9. The molecule has 0 bridgehead atoms. The first-order valence-electron chi connectivity index (χ1n) is 7.08. The molecule has 0 aliphatic carbocycles. The van der Waals surface area contributed by atoms with E-state index in [2.05, 4.69) is 27.0 Å². The van der Waals surface area contributed by atoms with E-state index in [4.69, 9.17) is 0 Å². The van der Waals surface area contributed by atoms with Gasteiger partial charge in [0.2, 0.25) is 0 Å². The number of likely N-dealkylation sites (N-methyl/N-ethyl adjacent to an activating group) is 2. The number of amides is 2. The quantitative estimate of drug-likeness (QED) is 0.364. The molecule has 0 atom stereocenters. The van der Waals surface area contributed by atoms with Crippen molar-refractivity contribution in [3.8, 4) is 0 Å². The van der Waals surface area contributed by atoms with Gasteiger partial charge < -0.3 is 24.8 Å². The topological polar surface area (TPSA) is 34.1 Å². The van der Waals surface area contributed by atoms with Crippen molar-refractivity contribution in [2.24, 2.45) is 0 Å². The van der Waals surface area contributed by atoms with Crippen LogP contribution >= 0.6 is 0 Å². The van der Waals surface area contributed by atoms with Gasteiger partial charge in [-0.15, -0.1) is 0 Å². The van der Waals surface area contributed by atoms with Crippen molar-refractivity contribution in [2.45, 2.75) is 26.7 Å². The van der Waals surface area contributed by atoms with E-state index in [-0.39, 0.29) is 36.6 Å². The number of rotatable bonds is 6. The van der Waals surface area contributed by atoms with Gasteiger partial charge >= 0.3 is 11.8 Å². The van der Waals surface area contributed by atoms with Gasteiger partial charge in [-0.2, -0.15) is 0 Å². The fourth-order valence-corrected chi connectivity index (χ4v) is 1.83. The number of nitrogens with zero attached hydrogens (tertiary/aromatic N) is 2. The van der Waals surface area contributed by atoms with Gasteiger partial charge in [-0.1, -0.05) is 27.0 Å². The standard InChI is InChI=1S/2C8H16NO.2ClH/c2*1-5-7-9(3,4)8(10)6-2;;/h2*6H,2,5,7H2,1,3-4H3;2*1H/q2*+1;;/p-2. The van der Waals surface area contributed by atoms with Crippen molar-refractivity contribution in [3.63, 3.8) is 0 Å². The molecular formula is C16H32Cl2N2O2. The third-order valence-corrected chi connectivity index (χ3v) is 3.11. The van der Waals surface area contributed by atoms with Crippen LogP contribution in [0.1, 0.15) is 26.7 Å². The molecular weight excluding hydrogens is 323 g/mol. The minimum absolute atomic E-state index is 0. The lowest BCUT2D eigenvalue weighted by molar-refractivity contribution is -0.811. The van der Waals surface area contributed by atoms with Gasteiger partial charge in [-0.05, 0) is 12.8 Å². The maximum atomic E-state index is 11.1. The summed E-state index contributed by atoms with van der Waals surface area (Å²) < 4.78 is 0.833. The smallest absolute Gasteiger partial charge is 0.337 e. The maximum absolute atomic E-state index is 11.1. The highest BCUT2D eigenvalue weighted by Gasteiger charge is 2.21. The second-order valence-electron chi connectivity index (χ2n) is 5.90. The minimum atomic E-state index is 0. The number of carbonyl (C=O) groups is 2. The molecule has 0 rings (SSSR count). The molecule has 0 aromatic carbocycles.